The SMILES string of the molecule is CCNC(CC)(c1cc(C(C)(C)C)c(O)c(C(C)(C)C)c1)P(=O)(O)O. The molecule has 0 aromatic heterocycles. The lowest BCUT2D eigenvalue weighted by Crippen LogP contribution is -2.42. The van der Waals surface area contributed by atoms with Crippen molar-refractivity contribution in [1.29, 1.82) is 0 Å². The molecule has 0 saturated heterocycles. The van der Waals surface area contributed by atoms with Gasteiger partial charge in [-0.3, -0.25) is 9.88 Å². The monoisotopic (exact) mass is 371 g/mol. The van der Waals surface area contributed by atoms with Gasteiger partial charge in [-0.15, -0.1) is 0 Å². The minimum absolute atomic E-state index is 0.205. The van der Waals surface area contributed by atoms with Gasteiger partial charge in [0, 0.05) is 0 Å². The molecule has 0 bridgehead atoms. The Kier molecular flexibility index (Phi) is 6.24. The van der Waals surface area contributed by atoms with Crippen LogP contribution in [0.3, 0.4) is 0 Å². The van der Waals surface area contributed by atoms with Gasteiger partial charge in [-0.25, -0.2) is 0 Å². The maximum absolute atomic E-state index is 12.5. The number of phenols is 1. The van der Waals surface area contributed by atoms with E-state index in [9.17, 15) is 19.5 Å². The van der Waals surface area contributed by atoms with Gasteiger partial charge in [-0.2, -0.15) is 0 Å². The van der Waals surface area contributed by atoms with Crippen LogP contribution in [0, 0.1) is 0 Å². The molecule has 1 rings (SSSR count). The fourth-order valence-electron chi connectivity index (χ4n) is 3.22. The summed E-state index contributed by atoms with van der Waals surface area (Å²) in [6, 6.07) is 3.49. The molecule has 0 fully saturated rings. The van der Waals surface area contributed by atoms with E-state index in [1.54, 1.807) is 19.1 Å². The Labute approximate surface area is 152 Å². The van der Waals surface area contributed by atoms with Crippen LogP contribution in [0.25, 0.3) is 0 Å². The van der Waals surface area contributed by atoms with E-state index in [1.807, 2.05) is 48.5 Å². The van der Waals surface area contributed by atoms with Crippen molar-refractivity contribution in [3.63, 3.8) is 0 Å². The van der Waals surface area contributed by atoms with Crippen LogP contribution in [0.5, 0.6) is 5.75 Å². The number of hydrogen-bond donors (Lipinski definition) is 4. The number of benzene rings is 1. The molecule has 144 valence electrons. The van der Waals surface area contributed by atoms with Gasteiger partial charge in [-0.1, -0.05) is 55.4 Å². The normalized spacial score (nSPS) is 15.9. The number of nitrogens with one attached hydrogen (secondary N) is 1. The van der Waals surface area contributed by atoms with Crippen molar-refractivity contribution in [3.05, 3.63) is 28.8 Å². The van der Waals surface area contributed by atoms with Crippen LogP contribution < -0.4 is 5.32 Å². The zero-order chi connectivity index (χ0) is 19.8. The van der Waals surface area contributed by atoms with Gasteiger partial charge in [-0.05, 0) is 52.6 Å². The minimum atomic E-state index is -4.50. The topological polar surface area (TPSA) is 89.8 Å². The first-order valence-electron chi connectivity index (χ1n) is 8.81. The fourth-order valence-corrected chi connectivity index (χ4v) is 4.46. The van der Waals surface area contributed by atoms with Crippen LogP contribution in [0.1, 0.15) is 78.5 Å². The predicted molar refractivity (Wildman–Crippen MR) is 103 cm³/mol. The highest BCUT2D eigenvalue weighted by molar-refractivity contribution is 7.53. The van der Waals surface area contributed by atoms with Crippen LogP contribution >= 0.6 is 7.60 Å². The lowest BCUT2D eigenvalue weighted by atomic mass is 9.77. The summed E-state index contributed by atoms with van der Waals surface area (Å²) in [6.45, 7) is 15.9. The van der Waals surface area contributed by atoms with Gasteiger partial charge in [0.1, 0.15) is 11.0 Å². The standard InChI is InChI=1S/C19H34NO4P/c1-9-19(20-10-2,25(22,23)24)13-11-14(17(3,4)5)16(21)15(12-13)18(6,7)8/h11-12,20-21H,9-10H2,1-8H3,(H2,22,23,24). The second-order valence-corrected chi connectivity index (χ2v) is 10.6. The molecule has 1 unspecified atom stereocenters. The van der Waals surface area contributed by atoms with Crippen molar-refractivity contribution in [2.75, 3.05) is 6.54 Å². The van der Waals surface area contributed by atoms with Crippen LogP contribution in [0.15, 0.2) is 12.1 Å². The third-order valence-electron chi connectivity index (χ3n) is 4.68. The molecule has 0 saturated carbocycles. The van der Waals surface area contributed by atoms with Gasteiger partial charge >= 0.3 is 7.60 Å². The van der Waals surface area contributed by atoms with Gasteiger partial charge in [0.05, 0.1) is 0 Å². The van der Waals surface area contributed by atoms with Crippen molar-refractivity contribution < 1.29 is 19.5 Å². The van der Waals surface area contributed by atoms with Crippen LogP contribution in [-0.4, -0.2) is 21.4 Å². The summed E-state index contributed by atoms with van der Waals surface area (Å²) < 4.78 is 12.5. The van der Waals surface area contributed by atoms with E-state index in [-0.39, 0.29) is 23.0 Å². The van der Waals surface area contributed by atoms with Crippen molar-refractivity contribution in [1.82, 2.24) is 5.32 Å². The van der Waals surface area contributed by atoms with Crippen molar-refractivity contribution in [2.45, 2.75) is 77.9 Å². The first-order valence-corrected chi connectivity index (χ1v) is 10.4. The van der Waals surface area contributed by atoms with E-state index in [2.05, 4.69) is 5.32 Å². The van der Waals surface area contributed by atoms with Crippen LogP contribution in [0.4, 0.5) is 0 Å². The molecular formula is C19H34NO4P. The second-order valence-electron chi connectivity index (χ2n) is 8.71. The molecular weight excluding hydrogens is 337 g/mol. The van der Waals surface area contributed by atoms with Crippen molar-refractivity contribution in [3.8, 4) is 5.75 Å². The van der Waals surface area contributed by atoms with Gasteiger partial charge < -0.3 is 14.9 Å². The zero-order valence-electron chi connectivity index (χ0n) is 16.8. The average molecular weight is 371 g/mol. The molecule has 4 N–H and O–H groups in total. The summed E-state index contributed by atoms with van der Waals surface area (Å²) in [5, 5.41) is 12.4. The van der Waals surface area contributed by atoms with E-state index in [0.29, 0.717) is 23.2 Å². The summed E-state index contributed by atoms with van der Waals surface area (Å²) in [7, 11) is -4.50. The Morgan fingerprint density at radius 2 is 1.36 bits per heavy atom. The third-order valence-corrected chi connectivity index (χ3v) is 6.41. The van der Waals surface area contributed by atoms with Gasteiger partial charge in [0.15, 0.2) is 0 Å². The number of aromatic hydroxyl groups is 1. The van der Waals surface area contributed by atoms with E-state index in [4.69, 9.17) is 0 Å². The summed E-state index contributed by atoms with van der Waals surface area (Å²) >= 11 is 0. The minimum Gasteiger partial charge on any atom is -0.507 e. The number of rotatable bonds is 5. The summed E-state index contributed by atoms with van der Waals surface area (Å²) in [5.74, 6) is 0.205. The highest BCUT2D eigenvalue weighted by Crippen LogP contribution is 2.58. The second kappa shape index (κ2) is 7.03. The predicted octanol–water partition coefficient (Wildman–Crippen LogP) is 4.34. The van der Waals surface area contributed by atoms with Crippen LogP contribution in [-0.2, 0) is 20.7 Å². The Morgan fingerprint density at radius 1 is 0.960 bits per heavy atom. The molecule has 0 amide bonds. The number of phenolic OH excluding ortho intramolecular Hbond substituents is 1. The first-order chi connectivity index (χ1) is 11.1. The van der Waals surface area contributed by atoms with E-state index in [0.717, 1.165) is 0 Å². The van der Waals surface area contributed by atoms with Crippen molar-refractivity contribution in [2.24, 2.45) is 0 Å². The van der Waals surface area contributed by atoms with Crippen molar-refractivity contribution >= 4 is 7.60 Å². The Hall–Kier alpha value is -0.870. The maximum atomic E-state index is 12.5. The summed E-state index contributed by atoms with van der Waals surface area (Å²) in [4.78, 5) is 20.3. The fraction of sp³-hybridized carbons (Fsp3) is 0.684. The highest BCUT2D eigenvalue weighted by atomic mass is 31.2. The Bertz CT molecular complexity index is 632. The summed E-state index contributed by atoms with van der Waals surface area (Å²) in [6.07, 6.45) is 0.239. The first kappa shape index (κ1) is 22.2. The third kappa shape index (κ3) is 4.28. The molecule has 1 atom stereocenters. The highest BCUT2D eigenvalue weighted by Gasteiger charge is 2.47. The zero-order valence-corrected chi connectivity index (χ0v) is 17.7. The molecule has 6 heteroatoms. The molecule has 25 heavy (non-hydrogen) atoms. The molecule has 1 aromatic carbocycles. The lowest BCUT2D eigenvalue weighted by Gasteiger charge is -2.37. The van der Waals surface area contributed by atoms with E-state index < -0.39 is 12.9 Å². The van der Waals surface area contributed by atoms with Gasteiger partial charge in [0.2, 0.25) is 0 Å². The molecule has 1 aromatic rings. The molecule has 0 aliphatic rings. The Balaban J connectivity index is 3.94. The molecule has 0 spiro atoms. The molecule has 0 heterocycles. The lowest BCUT2D eigenvalue weighted by molar-refractivity contribution is 0.293. The largest absolute Gasteiger partial charge is 0.507 e. The molecule has 5 nitrogen and oxygen atoms in total. The average Bonchev–Trinajstić information content (AvgIpc) is 2.41. The Morgan fingerprint density at radius 3 is 1.60 bits per heavy atom. The molecule has 0 aliphatic heterocycles. The van der Waals surface area contributed by atoms with Crippen LogP contribution in [0.2, 0.25) is 0 Å². The van der Waals surface area contributed by atoms with E-state index >= 15 is 0 Å². The summed E-state index contributed by atoms with van der Waals surface area (Å²) in [5.41, 5.74) is 1.19. The number of hydrogen-bond acceptors (Lipinski definition) is 3. The maximum Gasteiger partial charge on any atom is 0.349 e. The smallest absolute Gasteiger partial charge is 0.349 e. The quantitative estimate of drug-likeness (QED) is 0.578. The van der Waals surface area contributed by atoms with Gasteiger partial charge in [0.25, 0.3) is 0 Å². The van der Waals surface area contributed by atoms with E-state index in [1.165, 1.54) is 0 Å². The molecule has 0 aliphatic carbocycles. The molecule has 0 radical (unpaired) electrons.